The summed E-state index contributed by atoms with van der Waals surface area (Å²) in [5.41, 5.74) is 5.90. The third-order valence-corrected chi connectivity index (χ3v) is 5.37. The minimum absolute atomic E-state index is 0.0368. The molecule has 35 heavy (non-hydrogen) atoms. The minimum atomic E-state index is -0.693. The van der Waals surface area contributed by atoms with Crippen molar-refractivity contribution in [1.82, 2.24) is 0 Å². The molecule has 0 fully saturated rings. The molecule has 0 aliphatic rings. The number of hydrazone groups is 1. The Bertz CT molecular complexity index is 1450. The number of aryl methyl sites for hydroxylation is 2. The van der Waals surface area contributed by atoms with Crippen molar-refractivity contribution in [1.29, 1.82) is 0 Å². The van der Waals surface area contributed by atoms with Gasteiger partial charge in [0.25, 0.3) is 5.69 Å². The van der Waals surface area contributed by atoms with Crippen molar-refractivity contribution in [3.8, 4) is 5.75 Å². The van der Waals surface area contributed by atoms with Crippen molar-refractivity contribution in [2.75, 3.05) is 5.43 Å². The molecular formula is C26H22N4O5. The molecule has 4 rings (SSSR count). The molecule has 176 valence electrons. The van der Waals surface area contributed by atoms with Crippen LogP contribution in [0.2, 0.25) is 0 Å². The molecule has 0 saturated heterocycles. The molecule has 4 aromatic carbocycles. The number of non-ortho nitro benzene ring substituents is 1. The lowest BCUT2D eigenvalue weighted by Crippen LogP contribution is -2.02. The highest BCUT2D eigenvalue weighted by Crippen LogP contribution is 2.30. The first kappa shape index (κ1) is 23.4. The average molecular weight is 470 g/mol. The van der Waals surface area contributed by atoms with Gasteiger partial charge < -0.3 is 4.74 Å². The molecule has 0 unspecified atom stereocenters. The van der Waals surface area contributed by atoms with Gasteiger partial charge in [0.15, 0.2) is 0 Å². The van der Waals surface area contributed by atoms with Gasteiger partial charge in [0.1, 0.15) is 18.0 Å². The van der Waals surface area contributed by atoms with Crippen LogP contribution in [0.3, 0.4) is 0 Å². The van der Waals surface area contributed by atoms with E-state index in [4.69, 9.17) is 4.74 Å². The lowest BCUT2D eigenvalue weighted by Gasteiger charge is -2.13. The number of nitro groups is 2. The zero-order chi connectivity index (χ0) is 24.9. The summed E-state index contributed by atoms with van der Waals surface area (Å²) in [7, 11) is 0. The van der Waals surface area contributed by atoms with E-state index in [9.17, 15) is 20.2 Å². The number of nitro benzene ring substituents is 2. The number of hydrogen-bond donors (Lipinski definition) is 1. The Morgan fingerprint density at radius 3 is 2.37 bits per heavy atom. The molecule has 0 radical (unpaired) electrons. The third-order valence-electron chi connectivity index (χ3n) is 5.37. The van der Waals surface area contributed by atoms with Crippen LogP contribution in [0.25, 0.3) is 10.8 Å². The number of benzene rings is 4. The molecule has 0 saturated carbocycles. The molecule has 1 N–H and O–H groups in total. The second kappa shape index (κ2) is 10.0. The predicted molar refractivity (Wildman–Crippen MR) is 135 cm³/mol. The number of ether oxygens (including phenoxy) is 1. The van der Waals surface area contributed by atoms with Crippen LogP contribution in [-0.4, -0.2) is 16.1 Å². The highest BCUT2D eigenvalue weighted by atomic mass is 16.6. The maximum Gasteiger partial charge on any atom is 0.301 e. The van der Waals surface area contributed by atoms with Crippen molar-refractivity contribution in [3.05, 3.63) is 115 Å². The lowest BCUT2D eigenvalue weighted by atomic mass is 10.0. The summed E-state index contributed by atoms with van der Waals surface area (Å²) in [6.07, 6.45) is 1.53. The fourth-order valence-electron chi connectivity index (χ4n) is 3.89. The first-order valence-electron chi connectivity index (χ1n) is 10.8. The zero-order valence-electron chi connectivity index (χ0n) is 19.1. The van der Waals surface area contributed by atoms with E-state index in [-0.39, 0.29) is 11.4 Å². The van der Waals surface area contributed by atoms with Crippen LogP contribution in [0.5, 0.6) is 5.75 Å². The average Bonchev–Trinajstić information content (AvgIpc) is 2.82. The Kier molecular flexibility index (Phi) is 6.68. The smallest absolute Gasteiger partial charge is 0.301 e. The van der Waals surface area contributed by atoms with Gasteiger partial charge in [-0.15, -0.1) is 0 Å². The van der Waals surface area contributed by atoms with Crippen molar-refractivity contribution >= 4 is 34.0 Å². The van der Waals surface area contributed by atoms with Gasteiger partial charge in [-0.1, -0.05) is 59.7 Å². The van der Waals surface area contributed by atoms with Crippen molar-refractivity contribution in [2.24, 2.45) is 5.10 Å². The quantitative estimate of drug-likeness (QED) is 0.183. The molecule has 4 aromatic rings. The number of hydrogen-bond acceptors (Lipinski definition) is 7. The van der Waals surface area contributed by atoms with Crippen LogP contribution in [0.15, 0.2) is 77.9 Å². The standard InChI is InChI=1S/C26H22N4O5/c1-17-11-18(2)13-19(12-17)16-35-26-10-7-20-5-3-4-6-22(20)23(26)15-27-28-24-9-8-21(29(31)32)14-25(24)30(33)34/h3-15,28H,16H2,1-2H3/b27-15+. The van der Waals surface area contributed by atoms with E-state index in [0.717, 1.165) is 33.5 Å². The molecule has 0 heterocycles. The van der Waals surface area contributed by atoms with Crippen molar-refractivity contribution < 1.29 is 14.6 Å². The van der Waals surface area contributed by atoms with Gasteiger partial charge in [-0.3, -0.25) is 25.7 Å². The number of anilines is 1. The molecule has 0 spiro atoms. The van der Waals surface area contributed by atoms with E-state index in [1.807, 2.05) is 50.2 Å². The number of nitrogens with zero attached hydrogens (tertiary/aromatic N) is 3. The second-order valence-corrected chi connectivity index (χ2v) is 8.07. The fraction of sp³-hybridized carbons (Fsp3) is 0.115. The number of nitrogens with one attached hydrogen (secondary N) is 1. The SMILES string of the molecule is Cc1cc(C)cc(COc2ccc3ccccc3c2/C=N/Nc2ccc([N+](=O)[O-])cc2[N+](=O)[O-])c1. The van der Waals surface area contributed by atoms with Gasteiger partial charge in [-0.2, -0.15) is 5.10 Å². The largest absolute Gasteiger partial charge is 0.488 e. The molecule has 0 aliphatic carbocycles. The van der Waals surface area contributed by atoms with Crippen LogP contribution < -0.4 is 10.2 Å². The van der Waals surface area contributed by atoms with Crippen LogP contribution in [0.4, 0.5) is 17.1 Å². The minimum Gasteiger partial charge on any atom is -0.488 e. The predicted octanol–water partition coefficient (Wildman–Crippen LogP) is 6.30. The van der Waals surface area contributed by atoms with Gasteiger partial charge in [0.2, 0.25) is 0 Å². The summed E-state index contributed by atoms with van der Waals surface area (Å²) >= 11 is 0. The second-order valence-electron chi connectivity index (χ2n) is 8.07. The van der Waals surface area contributed by atoms with Gasteiger partial charge in [-0.05, 0) is 42.3 Å². The van der Waals surface area contributed by atoms with E-state index in [2.05, 4.69) is 28.7 Å². The third kappa shape index (κ3) is 5.41. The van der Waals surface area contributed by atoms with Gasteiger partial charge >= 0.3 is 5.69 Å². The lowest BCUT2D eigenvalue weighted by molar-refractivity contribution is -0.393. The van der Waals surface area contributed by atoms with Gasteiger partial charge in [-0.25, -0.2) is 0 Å². The first-order chi connectivity index (χ1) is 16.8. The summed E-state index contributed by atoms with van der Waals surface area (Å²) < 4.78 is 6.15. The molecular weight excluding hydrogens is 448 g/mol. The van der Waals surface area contributed by atoms with Crippen LogP contribution in [0, 0.1) is 34.1 Å². The first-order valence-corrected chi connectivity index (χ1v) is 10.8. The van der Waals surface area contributed by atoms with Crippen molar-refractivity contribution in [2.45, 2.75) is 20.5 Å². The highest BCUT2D eigenvalue weighted by Gasteiger charge is 2.19. The maximum absolute atomic E-state index is 11.4. The summed E-state index contributed by atoms with van der Waals surface area (Å²) in [5.74, 6) is 0.603. The molecule has 9 heteroatoms. The van der Waals surface area contributed by atoms with E-state index < -0.39 is 15.5 Å². The Hall–Kier alpha value is -4.79. The normalized spacial score (nSPS) is 11.0. The Balaban J connectivity index is 1.65. The molecule has 0 bridgehead atoms. The molecule has 0 atom stereocenters. The topological polar surface area (TPSA) is 120 Å². The fourth-order valence-corrected chi connectivity index (χ4v) is 3.89. The summed E-state index contributed by atoms with van der Waals surface area (Å²) in [6.45, 7) is 4.43. The van der Waals surface area contributed by atoms with Gasteiger partial charge in [0, 0.05) is 11.6 Å². The van der Waals surface area contributed by atoms with Crippen LogP contribution in [-0.2, 0) is 6.61 Å². The maximum atomic E-state index is 11.4. The van der Waals surface area contributed by atoms with E-state index in [1.165, 1.54) is 18.3 Å². The zero-order valence-corrected chi connectivity index (χ0v) is 19.1. The molecule has 9 nitrogen and oxygen atoms in total. The number of rotatable bonds is 8. The molecule has 0 aliphatic heterocycles. The van der Waals surface area contributed by atoms with Gasteiger partial charge in [0.05, 0.1) is 22.1 Å². The summed E-state index contributed by atoms with van der Waals surface area (Å²) in [4.78, 5) is 21.0. The van der Waals surface area contributed by atoms with E-state index in [0.29, 0.717) is 17.9 Å². The number of fused-ring (bicyclic) bond motifs is 1. The Morgan fingerprint density at radius 1 is 0.914 bits per heavy atom. The monoisotopic (exact) mass is 470 g/mol. The summed E-state index contributed by atoms with van der Waals surface area (Å²) in [6, 6.07) is 21.1. The molecule has 0 amide bonds. The molecule has 0 aromatic heterocycles. The highest BCUT2D eigenvalue weighted by molar-refractivity contribution is 6.02. The van der Waals surface area contributed by atoms with E-state index >= 15 is 0 Å². The van der Waals surface area contributed by atoms with Crippen molar-refractivity contribution in [3.63, 3.8) is 0 Å². The van der Waals surface area contributed by atoms with Crippen LogP contribution in [0.1, 0.15) is 22.3 Å². The Morgan fingerprint density at radius 2 is 1.66 bits per heavy atom. The van der Waals surface area contributed by atoms with Crippen LogP contribution >= 0.6 is 0 Å². The summed E-state index contributed by atoms with van der Waals surface area (Å²) in [5, 5.41) is 28.4. The van der Waals surface area contributed by atoms with E-state index in [1.54, 1.807) is 0 Å². The Labute approximate surface area is 201 Å².